The van der Waals surface area contributed by atoms with Crippen LogP contribution in [0.3, 0.4) is 0 Å². The lowest BCUT2D eigenvalue weighted by Crippen LogP contribution is -2.34. The monoisotopic (exact) mass is 286 g/mol. The highest BCUT2D eigenvalue weighted by Crippen LogP contribution is 2.21. The number of nitrogens with one attached hydrogen (secondary N) is 1. The van der Waals surface area contributed by atoms with Gasteiger partial charge >= 0.3 is 0 Å². The van der Waals surface area contributed by atoms with Crippen LogP contribution >= 0.6 is 0 Å². The molecular weight excluding hydrogens is 266 g/mol. The van der Waals surface area contributed by atoms with Crippen molar-refractivity contribution in [3.8, 4) is 0 Å². The Morgan fingerprint density at radius 1 is 1.30 bits per heavy atom. The molecule has 112 valence electrons. The van der Waals surface area contributed by atoms with Crippen molar-refractivity contribution in [1.29, 1.82) is 0 Å². The van der Waals surface area contributed by atoms with Gasteiger partial charge in [-0.1, -0.05) is 13.3 Å². The Bertz CT molecular complexity index is 443. The van der Waals surface area contributed by atoms with Gasteiger partial charge in [0.1, 0.15) is 17.3 Å². The van der Waals surface area contributed by atoms with Gasteiger partial charge in [-0.3, -0.25) is 4.79 Å². The third-order valence-electron chi connectivity index (χ3n) is 2.98. The fourth-order valence-corrected chi connectivity index (χ4v) is 1.90. The number of rotatable bonds is 7. The van der Waals surface area contributed by atoms with Crippen LogP contribution in [0.2, 0.25) is 0 Å². The maximum absolute atomic E-state index is 13.7. The second-order valence-corrected chi connectivity index (χ2v) is 4.43. The highest BCUT2D eigenvalue weighted by atomic mass is 19.1. The smallest absolute Gasteiger partial charge is 0.254 e. The first kappa shape index (κ1) is 16.4. The molecule has 20 heavy (non-hydrogen) atoms. The molecule has 0 radical (unpaired) electrons. The van der Waals surface area contributed by atoms with Gasteiger partial charge in [-0.15, -0.1) is 0 Å². The average Bonchev–Trinajstić information content (AvgIpc) is 2.42. The van der Waals surface area contributed by atoms with Crippen molar-refractivity contribution in [3.05, 3.63) is 29.3 Å². The number of unbranched alkanes of at least 4 members (excludes halogenated alkanes) is 1. The Kier molecular flexibility index (Phi) is 6.38. The van der Waals surface area contributed by atoms with Crippen molar-refractivity contribution in [2.75, 3.05) is 32.1 Å². The van der Waals surface area contributed by atoms with Gasteiger partial charge in [0.05, 0.1) is 6.61 Å². The fraction of sp³-hybridized carbons (Fsp3) is 0.500. The highest BCUT2D eigenvalue weighted by Gasteiger charge is 2.19. The summed E-state index contributed by atoms with van der Waals surface area (Å²) in [4.78, 5) is 13.6. The Labute approximate surface area is 117 Å². The van der Waals surface area contributed by atoms with Gasteiger partial charge in [-0.2, -0.15) is 0 Å². The van der Waals surface area contributed by atoms with Crippen LogP contribution in [0.25, 0.3) is 0 Å². The molecule has 0 unspecified atom stereocenters. The number of hydrogen-bond acceptors (Lipinski definition) is 3. The number of carbonyl (C=O) groups excluding carboxylic acids is 1. The van der Waals surface area contributed by atoms with Gasteiger partial charge in [0.25, 0.3) is 5.91 Å². The molecule has 0 saturated heterocycles. The lowest BCUT2D eigenvalue weighted by molar-refractivity contribution is 0.0718. The van der Waals surface area contributed by atoms with E-state index < -0.39 is 17.5 Å². The molecule has 0 bridgehead atoms. The van der Waals surface area contributed by atoms with Gasteiger partial charge in [0.2, 0.25) is 0 Å². The van der Waals surface area contributed by atoms with Crippen molar-refractivity contribution in [2.24, 2.45) is 0 Å². The van der Waals surface area contributed by atoms with E-state index in [0.29, 0.717) is 6.54 Å². The first-order valence-corrected chi connectivity index (χ1v) is 6.62. The average molecular weight is 286 g/mol. The number of carbonyl (C=O) groups is 1. The predicted molar refractivity (Wildman–Crippen MR) is 73.8 cm³/mol. The van der Waals surface area contributed by atoms with Crippen molar-refractivity contribution in [2.45, 2.75) is 19.8 Å². The second kappa shape index (κ2) is 7.79. The summed E-state index contributed by atoms with van der Waals surface area (Å²) in [6, 6.07) is 2.02. The summed E-state index contributed by atoms with van der Waals surface area (Å²) in [6.45, 7) is 2.39. The Morgan fingerprint density at radius 3 is 2.35 bits per heavy atom. The third-order valence-corrected chi connectivity index (χ3v) is 2.98. The van der Waals surface area contributed by atoms with E-state index in [2.05, 4.69) is 5.32 Å². The maximum Gasteiger partial charge on any atom is 0.254 e. The summed E-state index contributed by atoms with van der Waals surface area (Å²) in [5, 5.41) is 11.4. The van der Waals surface area contributed by atoms with Gasteiger partial charge < -0.3 is 15.3 Å². The van der Waals surface area contributed by atoms with Crippen molar-refractivity contribution in [1.82, 2.24) is 4.90 Å². The predicted octanol–water partition coefficient (Wildman–Crippen LogP) is 2.24. The quantitative estimate of drug-likeness (QED) is 0.808. The number of anilines is 1. The van der Waals surface area contributed by atoms with E-state index in [1.807, 2.05) is 6.92 Å². The third kappa shape index (κ3) is 3.90. The number of hydrogen-bond donors (Lipinski definition) is 2. The minimum absolute atomic E-state index is 0.0523. The molecule has 6 heteroatoms. The normalized spacial score (nSPS) is 10.4. The largest absolute Gasteiger partial charge is 0.395 e. The number of benzene rings is 1. The van der Waals surface area contributed by atoms with E-state index in [1.54, 1.807) is 0 Å². The van der Waals surface area contributed by atoms with Crippen LogP contribution in [0, 0.1) is 11.6 Å². The van der Waals surface area contributed by atoms with Gasteiger partial charge in [0.15, 0.2) is 0 Å². The second-order valence-electron chi connectivity index (χ2n) is 4.43. The van der Waals surface area contributed by atoms with E-state index in [9.17, 15) is 13.6 Å². The molecule has 0 spiro atoms. The summed E-state index contributed by atoms with van der Waals surface area (Å²) >= 11 is 0. The highest BCUT2D eigenvalue weighted by molar-refractivity contribution is 5.94. The molecule has 1 amide bonds. The Hall–Kier alpha value is -1.69. The Morgan fingerprint density at radius 2 is 1.90 bits per heavy atom. The van der Waals surface area contributed by atoms with Crippen LogP contribution in [0.4, 0.5) is 14.5 Å². The van der Waals surface area contributed by atoms with E-state index in [1.165, 1.54) is 11.9 Å². The summed E-state index contributed by atoms with van der Waals surface area (Å²) < 4.78 is 27.3. The van der Waals surface area contributed by atoms with Crippen LogP contribution in [0.1, 0.15) is 30.1 Å². The Balaban J connectivity index is 2.99. The number of aliphatic hydroxyl groups excluding tert-OH is 1. The van der Waals surface area contributed by atoms with E-state index in [0.717, 1.165) is 25.0 Å². The van der Waals surface area contributed by atoms with Gasteiger partial charge in [-0.25, -0.2) is 8.78 Å². The summed E-state index contributed by atoms with van der Waals surface area (Å²) in [5.74, 6) is -2.10. The molecule has 2 N–H and O–H groups in total. The SMILES string of the molecule is CCCCN(CCO)C(=O)c1cc(F)c(NC)c(F)c1. The van der Waals surface area contributed by atoms with Crippen LogP contribution in [-0.4, -0.2) is 42.7 Å². The molecule has 0 aliphatic rings. The minimum Gasteiger partial charge on any atom is -0.395 e. The molecule has 0 aliphatic carbocycles. The number of nitrogens with zero attached hydrogens (tertiary/aromatic N) is 1. The number of aliphatic hydroxyl groups is 1. The zero-order chi connectivity index (χ0) is 15.1. The summed E-state index contributed by atoms with van der Waals surface area (Å²) in [7, 11) is 1.41. The van der Waals surface area contributed by atoms with Gasteiger partial charge in [-0.05, 0) is 18.6 Å². The lowest BCUT2D eigenvalue weighted by Gasteiger charge is -2.22. The lowest BCUT2D eigenvalue weighted by atomic mass is 10.1. The first-order valence-electron chi connectivity index (χ1n) is 6.62. The molecular formula is C14H20F2N2O2. The van der Waals surface area contributed by atoms with Crippen LogP contribution in [-0.2, 0) is 0 Å². The van der Waals surface area contributed by atoms with E-state index in [4.69, 9.17) is 5.11 Å². The molecule has 1 aromatic carbocycles. The molecule has 0 aliphatic heterocycles. The molecule has 0 saturated carbocycles. The molecule has 0 fully saturated rings. The van der Waals surface area contributed by atoms with Crippen LogP contribution in [0.15, 0.2) is 12.1 Å². The minimum atomic E-state index is -0.810. The van der Waals surface area contributed by atoms with E-state index >= 15 is 0 Å². The molecule has 1 rings (SSSR count). The van der Waals surface area contributed by atoms with Crippen LogP contribution < -0.4 is 5.32 Å². The van der Waals surface area contributed by atoms with Crippen molar-refractivity contribution < 1.29 is 18.7 Å². The maximum atomic E-state index is 13.7. The standard InChI is InChI=1S/C14H20F2N2O2/c1-3-4-5-18(6-7-19)14(20)10-8-11(15)13(17-2)12(16)9-10/h8-9,17,19H,3-7H2,1-2H3. The molecule has 1 aromatic rings. The van der Waals surface area contributed by atoms with Gasteiger partial charge in [0, 0.05) is 25.7 Å². The zero-order valence-electron chi connectivity index (χ0n) is 11.7. The fourth-order valence-electron chi connectivity index (χ4n) is 1.90. The molecule has 0 atom stereocenters. The summed E-state index contributed by atoms with van der Waals surface area (Å²) in [5.41, 5.74) is -0.313. The number of halogens is 2. The molecule has 4 nitrogen and oxygen atoms in total. The van der Waals surface area contributed by atoms with Crippen molar-refractivity contribution >= 4 is 11.6 Å². The zero-order valence-corrected chi connectivity index (χ0v) is 11.7. The number of amides is 1. The topological polar surface area (TPSA) is 52.6 Å². The molecule has 0 aromatic heterocycles. The summed E-state index contributed by atoms with van der Waals surface area (Å²) in [6.07, 6.45) is 1.65. The van der Waals surface area contributed by atoms with E-state index in [-0.39, 0.29) is 24.4 Å². The van der Waals surface area contributed by atoms with Crippen molar-refractivity contribution in [3.63, 3.8) is 0 Å². The first-order chi connectivity index (χ1) is 9.54. The van der Waals surface area contributed by atoms with Crippen LogP contribution in [0.5, 0.6) is 0 Å². The molecule has 0 heterocycles.